The van der Waals surface area contributed by atoms with E-state index in [0.29, 0.717) is 23.6 Å². The maximum Gasteiger partial charge on any atom is 0.255 e. The monoisotopic (exact) mass is 427 g/mol. The minimum atomic E-state index is -0.200. The molecule has 6 nitrogen and oxygen atoms in total. The topological polar surface area (TPSA) is 65.4 Å². The van der Waals surface area contributed by atoms with Gasteiger partial charge in [-0.25, -0.2) is 0 Å². The largest absolute Gasteiger partial charge is 0.497 e. The molecule has 32 heavy (non-hydrogen) atoms. The van der Waals surface area contributed by atoms with Crippen molar-refractivity contribution in [1.29, 1.82) is 0 Å². The van der Waals surface area contributed by atoms with E-state index in [1.807, 2.05) is 35.1 Å². The maximum absolute atomic E-state index is 12.8. The van der Waals surface area contributed by atoms with Gasteiger partial charge in [-0.15, -0.1) is 0 Å². The number of rotatable bonds is 8. The van der Waals surface area contributed by atoms with Gasteiger partial charge in [-0.05, 0) is 40.5 Å². The Morgan fingerprint density at radius 3 is 2.50 bits per heavy atom. The van der Waals surface area contributed by atoms with Crippen molar-refractivity contribution in [1.82, 2.24) is 15.1 Å². The molecule has 0 bridgehead atoms. The first-order valence-electron chi connectivity index (χ1n) is 10.3. The normalized spacial score (nSPS) is 10.6. The predicted octanol–water partition coefficient (Wildman–Crippen LogP) is 4.55. The molecule has 0 saturated carbocycles. The molecule has 1 aromatic heterocycles. The van der Waals surface area contributed by atoms with Gasteiger partial charge < -0.3 is 14.8 Å². The summed E-state index contributed by atoms with van der Waals surface area (Å²) in [7, 11) is 3.12. The Morgan fingerprint density at radius 1 is 0.969 bits per heavy atom. The van der Waals surface area contributed by atoms with E-state index >= 15 is 0 Å². The molecule has 0 radical (unpaired) electrons. The smallest absolute Gasteiger partial charge is 0.255 e. The van der Waals surface area contributed by atoms with E-state index < -0.39 is 0 Å². The van der Waals surface area contributed by atoms with Crippen LogP contribution in [0.4, 0.5) is 0 Å². The first-order chi connectivity index (χ1) is 15.7. The lowest BCUT2D eigenvalue weighted by Crippen LogP contribution is -2.23. The van der Waals surface area contributed by atoms with Crippen LogP contribution in [0.1, 0.15) is 21.5 Å². The standard InChI is InChI=1S/C26H25N3O3/c1-31-22-12-13-24(25(16-22)32-2)26(30)27-17-21-6-3-4-7-23(21)20-10-8-19(9-11-20)18-29-15-5-14-28-29/h3-16H,17-18H2,1-2H3,(H,27,30). The predicted molar refractivity (Wildman–Crippen MR) is 124 cm³/mol. The summed E-state index contributed by atoms with van der Waals surface area (Å²) in [6.45, 7) is 1.13. The lowest BCUT2D eigenvalue weighted by atomic mass is 9.98. The number of ether oxygens (including phenoxy) is 2. The molecule has 4 rings (SSSR count). The number of carbonyl (C=O) groups excluding carboxylic acids is 1. The number of carbonyl (C=O) groups is 1. The molecule has 1 N–H and O–H groups in total. The average molecular weight is 428 g/mol. The number of methoxy groups -OCH3 is 2. The van der Waals surface area contributed by atoms with Gasteiger partial charge in [0, 0.05) is 25.0 Å². The van der Waals surface area contributed by atoms with E-state index in [1.54, 1.807) is 31.5 Å². The Kier molecular flexibility index (Phi) is 6.51. The van der Waals surface area contributed by atoms with Gasteiger partial charge in [0.15, 0.2) is 0 Å². The zero-order valence-electron chi connectivity index (χ0n) is 18.1. The van der Waals surface area contributed by atoms with Crippen LogP contribution in [0.15, 0.2) is 85.2 Å². The number of aromatic nitrogens is 2. The van der Waals surface area contributed by atoms with Gasteiger partial charge in [0.05, 0.1) is 26.3 Å². The Bertz CT molecular complexity index is 1190. The van der Waals surface area contributed by atoms with E-state index in [1.165, 1.54) is 12.7 Å². The van der Waals surface area contributed by atoms with Gasteiger partial charge in [-0.3, -0.25) is 9.48 Å². The lowest BCUT2D eigenvalue weighted by Gasteiger charge is -2.13. The Balaban J connectivity index is 1.49. The summed E-state index contributed by atoms with van der Waals surface area (Å²) < 4.78 is 12.5. The van der Waals surface area contributed by atoms with Gasteiger partial charge in [-0.2, -0.15) is 5.10 Å². The number of benzene rings is 3. The number of hydrogen-bond acceptors (Lipinski definition) is 4. The maximum atomic E-state index is 12.8. The molecule has 0 unspecified atom stereocenters. The van der Waals surface area contributed by atoms with Crippen molar-refractivity contribution in [2.75, 3.05) is 14.2 Å². The quantitative estimate of drug-likeness (QED) is 0.448. The van der Waals surface area contributed by atoms with E-state index in [-0.39, 0.29) is 5.91 Å². The van der Waals surface area contributed by atoms with E-state index in [9.17, 15) is 4.79 Å². The highest BCUT2D eigenvalue weighted by Gasteiger charge is 2.14. The van der Waals surface area contributed by atoms with E-state index in [2.05, 4.69) is 40.7 Å². The van der Waals surface area contributed by atoms with Crippen LogP contribution in [-0.2, 0) is 13.1 Å². The molecular formula is C26H25N3O3. The van der Waals surface area contributed by atoms with Crippen LogP contribution in [0.5, 0.6) is 11.5 Å². The summed E-state index contributed by atoms with van der Waals surface area (Å²) in [5.41, 5.74) is 4.86. The van der Waals surface area contributed by atoms with Crippen molar-refractivity contribution >= 4 is 5.91 Å². The molecule has 0 spiro atoms. The molecule has 162 valence electrons. The highest BCUT2D eigenvalue weighted by Crippen LogP contribution is 2.26. The Hall–Kier alpha value is -4.06. The molecule has 0 fully saturated rings. The molecule has 0 aliphatic carbocycles. The second-order valence-corrected chi connectivity index (χ2v) is 7.31. The summed E-state index contributed by atoms with van der Waals surface area (Å²) in [4.78, 5) is 12.8. The Labute approximate surface area is 187 Å². The molecule has 3 aromatic carbocycles. The van der Waals surface area contributed by atoms with Crippen molar-refractivity contribution in [3.63, 3.8) is 0 Å². The number of amides is 1. The molecule has 1 amide bonds. The third kappa shape index (κ3) is 4.81. The van der Waals surface area contributed by atoms with Crippen LogP contribution in [0.3, 0.4) is 0 Å². The number of hydrogen-bond donors (Lipinski definition) is 1. The summed E-state index contributed by atoms with van der Waals surface area (Å²) in [6.07, 6.45) is 3.73. The highest BCUT2D eigenvalue weighted by atomic mass is 16.5. The molecule has 0 saturated heterocycles. The van der Waals surface area contributed by atoms with Crippen LogP contribution >= 0.6 is 0 Å². The number of nitrogens with zero attached hydrogens (tertiary/aromatic N) is 2. The van der Waals surface area contributed by atoms with Crippen molar-refractivity contribution in [2.24, 2.45) is 0 Å². The molecule has 0 aliphatic rings. The summed E-state index contributed by atoms with van der Waals surface area (Å²) in [6, 6.07) is 23.6. The third-order valence-electron chi connectivity index (χ3n) is 5.28. The van der Waals surface area contributed by atoms with E-state index in [4.69, 9.17) is 9.47 Å². The molecule has 1 heterocycles. The average Bonchev–Trinajstić information content (AvgIpc) is 3.36. The highest BCUT2D eigenvalue weighted by molar-refractivity contribution is 5.97. The van der Waals surface area contributed by atoms with Crippen molar-refractivity contribution < 1.29 is 14.3 Å². The molecule has 0 atom stereocenters. The zero-order valence-corrected chi connectivity index (χ0v) is 18.1. The first kappa shape index (κ1) is 21.2. The Morgan fingerprint density at radius 2 is 1.78 bits per heavy atom. The van der Waals surface area contributed by atoms with Crippen molar-refractivity contribution in [2.45, 2.75) is 13.1 Å². The van der Waals surface area contributed by atoms with Gasteiger partial charge >= 0.3 is 0 Å². The van der Waals surface area contributed by atoms with Crippen LogP contribution in [-0.4, -0.2) is 29.9 Å². The lowest BCUT2D eigenvalue weighted by molar-refractivity contribution is 0.0948. The van der Waals surface area contributed by atoms with Crippen molar-refractivity contribution in [3.8, 4) is 22.6 Å². The van der Waals surface area contributed by atoms with E-state index in [0.717, 1.165) is 23.2 Å². The third-order valence-corrected chi connectivity index (χ3v) is 5.28. The van der Waals surface area contributed by atoms with Crippen LogP contribution in [0.25, 0.3) is 11.1 Å². The summed E-state index contributed by atoms with van der Waals surface area (Å²) in [5.74, 6) is 0.913. The molecule has 4 aromatic rings. The fourth-order valence-corrected chi connectivity index (χ4v) is 3.58. The summed E-state index contributed by atoms with van der Waals surface area (Å²) >= 11 is 0. The fourth-order valence-electron chi connectivity index (χ4n) is 3.58. The van der Waals surface area contributed by atoms with Crippen LogP contribution < -0.4 is 14.8 Å². The first-order valence-corrected chi connectivity index (χ1v) is 10.3. The van der Waals surface area contributed by atoms with Gasteiger partial charge in [0.1, 0.15) is 11.5 Å². The molecule has 0 aliphatic heterocycles. The minimum Gasteiger partial charge on any atom is -0.497 e. The minimum absolute atomic E-state index is 0.200. The second kappa shape index (κ2) is 9.83. The number of nitrogens with one attached hydrogen (secondary N) is 1. The summed E-state index contributed by atoms with van der Waals surface area (Å²) in [5, 5.41) is 7.26. The zero-order chi connectivity index (χ0) is 22.3. The SMILES string of the molecule is COc1ccc(C(=O)NCc2ccccc2-c2ccc(Cn3cccn3)cc2)c(OC)c1. The fraction of sp³-hybridized carbons (Fsp3) is 0.154. The van der Waals surface area contributed by atoms with Crippen LogP contribution in [0.2, 0.25) is 0 Å². The van der Waals surface area contributed by atoms with Gasteiger partial charge in [-0.1, -0.05) is 48.5 Å². The molecule has 6 heteroatoms. The van der Waals surface area contributed by atoms with Crippen molar-refractivity contribution in [3.05, 3.63) is 102 Å². The van der Waals surface area contributed by atoms with Gasteiger partial charge in [0.2, 0.25) is 0 Å². The molecular weight excluding hydrogens is 402 g/mol. The van der Waals surface area contributed by atoms with Crippen LogP contribution in [0, 0.1) is 0 Å². The van der Waals surface area contributed by atoms with Gasteiger partial charge in [0.25, 0.3) is 5.91 Å². The second-order valence-electron chi connectivity index (χ2n) is 7.31.